The smallest absolute Gasteiger partial charge is 0.244 e. The van der Waals surface area contributed by atoms with Gasteiger partial charge in [0.25, 0.3) is 0 Å². The molecule has 0 saturated carbocycles. The fraction of sp³-hybridized carbons (Fsp3) is 0.267. The zero-order valence-electron chi connectivity index (χ0n) is 11.0. The van der Waals surface area contributed by atoms with Crippen molar-refractivity contribution in [3.8, 4) is 6.07 Å². The van der Waals surface area contributed by atoms with Crippen LogP contribution in [-0.4, -0.2) is 10.9 Å². The summed E-state index contributed by atoms with van der Waals surface area (Å²) in [4.78, 5) is 16.3. The number of fused-ring (bicyclic) bond motifs is 1. The monoisotopic (exact) mass is 253 g/mol. The number of nitrogens with zero attached hydrogens (tertiary/aromatic N) is 2. The SMILES string of the molecule is CCC(C)(C#N)C(=O)Nc1cccc2ccncc12. The first-order valence-corrected chi connectivity index (χ1v) is 6.16. The molecule has 1 N–H and O–H groups in total. The van der Waals surface area contributed by atoms with Crippen LogP contribution in [0.5, 0.6) is 0 Å². The van der Waals surface area contributed by atoms with Gasteiger partial charge in [-0.15, -0.1) is 0 Å². The number of benzene rings is 1. The predicted octanol–water partition coefficient (Wildman–Crippen LogP) is 3.11. The summed E-state index contributed by atoms with van der Waals surface area (Å²) in [6, 6.07) is 9.59. The Morgan fingerprint density at radius 3 is 2.95 bits per heavy atom. The van der Waals surface area contributed by atoms with Crippen molar-refractivity contribution >= 4 is 22.4 Å². The zero-order chi connectivity index (χ0) is 13.9. The number of aromatic nitrogens is 1. The van der Waals surface area contributed by atoms with Gasteiger partial charge in [0.1, 0.15) is 5.41 Å². The maximum Gasteiger partial charge on any atom is 0.244 e. The van der Waals surface area contributed by atoms with Crippen molar-refractivity contribution in [1.82, 2.24) is 4.98 Å². The normalized spacial score (nSPS) is 13.5. The third-order valence-electron chi connectivity index (χ3n) is 3.39. The van der Waals surface area contributed by atoms with E-state index in [1.807, 2.05) is 31.2 Å². The molecule has 1 heterocycles. The number of carbonyl (C=O) groups excluding carboxylic acids is 1. The van der Waals surface area contributed by atoms with Crippen LogP contribution in [0.2, 0.25) is 0 Å². The molecule has 0 radical (unpaired) electrons. The molecule has 96 valence electrons. The summed E-state index contributed by atoms with van der Waals surface area (Å²) < 4.78 is 0. The molecule has 4 heteroatoms. The van der Waals surface area contributed by atoms with Gasteiger partial charge in [-0.3, -0.25) is 9.78 Å². The number of pyridine rings is 1. The Bertz CT molecular complexity index is 654. The first-order valence-electron chi connectivity index (χ1n) is 6.16. The molecule has 0 fully saturated rings. The van der Waals surface area contributed by atoms with Crippen LogP contribution in [0.15, 0.2) is 36.7 Å². The Morgan fingerprint density at radius 2 is 2.26 bits per heavy atom. The molecule has 0 aliphatic rings. The maximum atomic E-state index is 12.2. The summed E-state index contributed by atoms with van der Waals surface area (Å²) in [5.74, 6) is -0.283. The Hall–Kier alpha value is -2.41. The van der Waals surface area contributed by atoms with Gasteiger partial charge in [-0.2, -0.15) is 5.26 Å². The Kier molecular flexibility index (Phi) is 3.48. The number of hydrogen-bond donors (Lipinski definition) is 1. The molecular formula is C15H15N3O. The number of hydrogen-bond acceptors (Lipinski definition) is 3. The first kappa shape index (κ1) is 13.0. The van der Waals surface area contributed by atoms with Gasteiger partial charge in [0.05, 0.1) is 11.8 Å². The number of carbonyl (C=O) groups is 1. The van der Waals surface area contributed by atoms with Crippen molar-refractivity contribution in [3.05, 3.63) is 36.7 Å². The first-order chi connectivity index (χ1) is 9.10. The van der Waals surface area contributed by atoms with E-state index in [2.05, 4.69) is 16.4 Å². The van der Waals surface area contributed by atoms with E-state index in [0.717, 1.165) is 10.8 Å². The second-order valence-electron chi connectivity index (χ2n) is 4.65. The van der Waals surface area contributed by atoms with Crippen LogP contribution in [0.3, 0.4) is 0 Å². The lowest BCUT2D eigenvalue weighted by Crippen LogP contribution is -2.31. The van der Waals surface area contributed by atoms with Crippen molar-refractivity contribution in [3.63, 3.8) is 0 Å². The van der Waals surface area contributed by atoms with Gasteiger partial charge in [-0.25, -0.2) is 0 Å². The largest absolute Gasteiger partial charge is 0.324 e. The van der Waals surface area contributed by atoms with Crippen LogP contribution in [0.1, 0.15) is 20.3 Å². The highest BCUT2D eigenvalue weighted by atomic mass is 16.2. The Balaban J connectivity index is 2.38. The van der Waals surface area contributed by atoms with Crippen LogP contribution in [-0.2, 0) is 4.79 Å². The third kappa shape index (κ3) is 2.41. The minimum absolute atomic E-state index is 0.283. The van der Waals surface area contributed by atoms with E-state index < -0.39 is 5.41 Å². The second-order valence-corrected chi connectivity index (χ2v) is 4.65. The van der Waals surface area contributed by atoms with E-state index in [1.165, 1.54) is 0 Å². The van der Waals surface area contributed by atoms with Gasteiger partial charge < -0.3 is 5.32 Å². The van der Waals surface area contributed by atoms with E-state index in [1.54, 1.807) is 19.3 Å². The van der Waals surface area contributed by atoms with Crippen LogP contribution >= 0.6 is 0 Å². The quantitative estimate of drug-likeness (QED) is 0.913. The Labute approximate surface area is 112 Å². The van der Waals surface area contributed by atoms with Gasteiger partial charge in [-0.1, -0.05) is 19.1 Å². The molecule has 2 aromatic rings. The number of rotatable bonds is 3. The zero-order valence-corrected chi connectivity index (χ0v) is 11.0. The van der Waals surface area contributed by atoms with Gasteiger partial charge in [0.15, 0.2) is 0 Å². The van der Waals surface area contributed by atoms with Gasteiger partial charge >= 0.3 is 0 Å². The van der Waals surface area contributed by atoms with Gasteiger partial charge in [0.2, 0.25) is 5.91 Å². The lowest BCUT2D eigenvalue weighted by atomic mass is 9.88. The molecule has 0 spiro atoms. The van der Waals surface area contributed by atoms with Gasteiger partial charge in [0, 0.05) is 17.8 Å². The summed E-state index contributed by atoms with van der Waals surface area (Å²) in [6.07, 6.45) is 3.89. The summed E-state index contributed by atoms with van der Waals surface area (Å²) in [6.45, 7) is 3.47. The van der Waals surface area contributed by atoms with Crippen LogP contribution in [0.4, 0.5) is 5.69 Å². The third-order valence-corrected chi connectivity index (χ3v) is 3.39. The predicted molar refractivity (Wildman–Crippen MR) is 74.4 cm³/mol. The topological polar surface area (TPSA) is 65.8 Å². The van der Waals surface area contributed by atoms with Gasteiger partial charge in [-0.05, 0) is 30.9 Å². The highest BCUT2D eigenvalue weighted by molar-refractivity contribution is 6.04. The lowest BCUT2D eigenvalue weighted by molar-refractivity contribution is -0.122. The fourth-order valence-corrected chi connectivity index (χ4v) is 1.77. The lowest BCUT2D eigenvalue weighted by Gasteiger charge is -2.19. The summed E-state index contributed by atoms with van der Waals surface area (Å²) in [7, 11) is 0. The molecule has 1 amide bonds. The van der Waals surface area contributed by atoms with Crippen molar-refractivity contribution in [2.75, 3.05) is 5.32 Å². The van der Waals surface area contributed by atoms with Crippen molar-refractivity contribution in [2.24, 2.45) is 5.41 Å². The Morgan fingerprint density at radius 1 is 1.47 bits per heavy atom. The highest BCUT2D eigenvalue weighted by Gasteiger charge is 2.31. The summed E-state index contributed by atoms with van der Waals surface area (Å²) >= 11 is 0. The number of amides is 1. The van der Waals surface area contributed by atoms with E-state index in [4.69, 9.17) is 5.26 Å². The van der Waals surface area contributed by atoms with Crippen molar-refractivity contribution in [2.45, 2.75) is 20.3 Å². The number of nitriles is 1. The van der Waals surface area contributed by atoms with E-state index in [-0.39, 0.29) is 5.91 Å². The minimum Gasteiger partial charge on any atom is -0.324 e. The molecule has 0 aliphatic carbocycles. The van der Waals surface area contributed by atoms with E-state index in [9.17, 15) is 4.79 Å². The average Bonchev–Trinajstić information content (AvgIpc) is 2.46. The molecule has 2 rings (SSSR count). The molecule has 0 saturated heterocycles. The average molecular weight is 253 g/mol. The minimum atomic E-state index is -1.01. The molecule has 1 aromatic heterocycles. The van der Waals surface area contributed by atoms with E-state index >= 15 is 0 Å². The standard InChI is InChI=1S/C15H15N3O/c1-3-15(2,10-16)14(19)18-13-6-4-5-11-7-8-17-9-12(11)13/h4-9H,3H2,1-2H3,(H,18,19). The molecule has 0 aliphatic heterocycles. The molecule has 4 nitrogen and oxygen atoms in total. The molecule has 19 heavy (non-hydrogen) atoms. The molecular weight excluding hydrogens is 238 g/mol. The van der Waals surface area contributed by atoms with Crippen LogP contribution in [0.25, 0.3) is 10.8 Å². The van der Waals surface area contributed by atoms with Crippen molar-refractivity contribution < 1.29 is 4.79 Å². The molecule has 1 unspecified atom stereocenters. The molecule has 1 aromatic carbocycles. The fourth-order valence-electron chi connectivity index (χ4n) is 1.77. The number of anilines is 1. The summed E-state index contributed by atoms with van der Waals surface area (Å²) in [5, 5.41) is 13.8. The summed E-state index contributed by atoms with van der Waals surface area (Å²) in [5.41, 5.74) is -0.324. The van der Waals surface area contributed by atoms with Crippen molar-refractivity contribution in [1.29, 1.82) is 5.26 Å². The van der Waals surface area contributed by atoms with Crippen LogP contribution in [0, 0.1) is 16.7 Å². The molecule has 1 atom stereocenters. The van der Waals surface area contributed by atoms with Crippen LogP contribution < -0.4 is 5.32 Å². The maximum absolute atomic E-state index is 12.2. The highest BCUT2D eigenvalue weighted by Crippen LogP contribution is 2.26. The molecule has 0 bridgehead atoms. The second kappa shape index (κ2) is 5.07. The van der Waals surface area contributed by atoms with E-state index in [0.29, 0.717) is 12.1 Å². The number of nitrogens with one attached hydrogen (secondary N) is 1.